The Morgan fingerprint density at radius 2 is 2.00 bits per heavy atom. The van der Waals surface area contributed by atoms with Crippen molar-refractivity contribution in [2.75, 3.05) is 4.90 Å². The Bertz CT molecular complexity index is 942. The standard InChI is InChI=1S/C17H10FNO4S2/c18-12-4-2-1-3-9(12)7-14-15(21)19(17(24)25-14)10-5-6-13(20)11(8-10)16(22)23/h1-8,20H,(H,22,23)/p-1/b14-7-. The van der Waals surface area contributed by atoms with Crippen LogP contribution >= 0.6 is 24.0 Å². The predicted octanol–water partition coefficient (Wildman–Crippen LogP) is 3.00. The van der Waals surface area contributed by atoms with Crippen LogP contribution in [0.1, 0.15) is 15.9 Å². The Kier molecular flexibility index (Phi) is 4.56. The lowest BCUT2D eigenvalue weighted by Crippen LogP contribution is -2.27. The van der Waals surface area contributed by atoms with Crippen molar-refractivity contribution in [3.63, 3.8) is 0 Å². The molecule has 1 aliphatic rings. The summed E-state index contributed by atoms with van der Waals surface area (Å²) in [7, 11) is 0. The number of aromatic carboxylic acids is 1. The Morgan fingerprint density at radius 1 is 1.28 bits per heavy atom. The van der Waals surface area contributed by atoms with E-state index in [1.165, 1.54) is 30.3 Å². The smallest absolute Gasteiger partial charge is 0.335 e. The van der Waals surface area contributed by atoms with Gasteiger partial charge in [0.05, 0.1) is 16.2 Å². The van der Waals surface area contributed by atoms with Gasteiger partial charge in [0.1, 0.15) is 5.82 Å². The van der Waals surface area contributed by atoms with Crippen molar-refractivity contribution in [2.24, 2.45) is 0 Å². The van der Waals surface area contributed by atoms with Gasteiger partial charge in [0.2, 0.25) is 0 Å². The normalized spacial score (nSPS) is 15.9. The van der Waals surface area contributed by atoms with Crippen molar-refractivity contribution in [1.82, 2.24) is 0 Å². The zero-order chi connectivity index (χ0) is 18.1. The summed E-state index contributed by atoms with van der Waals surface area (Å²) in [5, 5.41) is 20.6. The van der Waals surface area contributed by atoms with Crippen molar-refractivity contribution in [3.8, 4) is 5.75 Å². The number of rotatable bonds is 3. The molecule has 2 aromatic rings. The van der Waals surface area contributed by atoms with Gasteiger partial charge in [-0.2, -0.15) is 0 Å². The number of thiocarbonyl (C=S) groups is 1. The molecule has 0 atom stereocenters. The first kappa shape index (κ1) is 17.1. The van der Waals surface area contributed by atoms with Crippen LogP contribution in [-0.2, 0) is 4.79 Å². The maximum atomic E-state index is 13.8. The van der Waals surface area contributed by atoms with Crippen LogP contribution in [0.4, 0.5) is 10.1 Å². The first-order valence-corrected chi connectivity index (χ1v) is 8.18. The second kappa shape index (κ2) is 6.66. The molecule has 1 aliphatic heterocycles. The molecule has 1 amide bonds. The summed E-state index contributed by atoms with van der Waals surface area (Å²) in [6, 6.07) is 9.47. The van der Waals surface area contributed by atoms with E-state index in [2.05, 4.69) is 0 Å². The fraction of sp³-hybridized carbons (Fsp3) is 0. The minimum Gasteiger partial charge on any atom is -0.872 e. The largest absolute Gasteiger partial charge is 0.872 e. The molecule has 0 spiro atoms. The summed E-state index contributed by atoms with van der Waals surface area (Å²) in [5.41, 5.74) is -0.0369. The van der Waals surface area contributed by atoms with Crippen molar-refractivity contribution in [1.29, 1.82) is 0 Å². The second-order valence-electron chi connectivity index (χ2n) is 5.02. The first-order valence-electron chi connectivity index (χ1n) is 6.95. The third-order valence-corrected chi connectivity index (χ3v) is 4.74. The summed E-state index contributed by atoms with van der Waals surface area (Å²) in [6.45, 7) is 0. The van der Waals surface area contributed by atoms with Gasteiger partial charge >= 0.3 is 5.97 Å². The minimum absolute atomic E-state index is 0.169. The monoisotopic (exact) mass is 374 g/mol. The van der Waals surface area contributed by atoms with Gasteiger partial charge in [0, 0.05) is 5.56 Å². The topological polar surface area (TPSA) is 80.7 Å². The molecule has 0 unspecified atom stereocenters. The fourth-order valence-electron chi connectivity index (χ4n) is 2.25. The molecule has 0 aliphatic carbocycles. The van der Waals surface area contributed by atoms with Crippen LogP contribution in [0.5, 0.6) is 5.75 Å². The summed E-state index contributed by atoms with van der Waals surface area (Å²) in [4.78, 5) is 25.0. The van der Waals surface area contributed by atoms with Crippen molar-refractivity contribution in [3.05, 3.63) is 64.3 Å². The van der Waals surface area contributed by atoms with Gasteiger partial charge in [0.25, 0.3) is 5.91 Å². The van der Waals surface area contributed by atoms with Crippen LogP contribution < -0.4 is 10.0 Å². The van der Waals surface area contributed by atoms with E-state index in [-0.39, 0.29) is 20.5 Å². The molecule has 0 bridgehead atoms. The number of halogens is 1. The number of benzene rings is 2. The highest BCUT2D eigenvalue weighted by Gasteiger charge is 2.33. The SMILES string of the molecule is O=C(O)c1cc(N2C(=O)/C(=C/c3ccccc3F)SC2=S)ccc1[O-]. The maximum Gasteiger partial charge on any atom is 0.335 e. The molecule has 3 rings (SSSR count). The first-order chi connectivity index (χ1) is 11.9. The Hall–Kier alpha value is -2.71. The molecule has 0 aromatic heterocycles. The number of carbonyl (C=O) groups excluding carboxylic acids is 1. The highest BCUT2D eigenvalue weighted by molar-refractivity contribution is 8.27. The van der Waals surface area contributed by atoms with Gasteiger partial charge < -0.3 is 10.2 Å². The number of nitrogens with zero attached hydrogens (tertiary/aromatic N) is 1. The quantitative estimate of drug-likeness (QED) is 0.657. The molecule has 2 aromatic carbocycles. The summed E-state index contributed by atoms with van der Waals surface area (Å²) in [6.07, 6.45) is 1.38. The summed E-state index contributed by atoms with van der Waals surface area (Å²) in [5.74, 6) is -3.03. The van der Waals surface area contributed by atoms with Gasteiger partial charge in [-0.05, 0) is 24.3 Å². The number of anilines is 1. The van der Waals surface area contributed by atoms with Crippen molar-refractivity contribution >= 4 is 51.9 Å². The van der Waals surface area contributed by atoms with Gasteiger partial charge in [-0.25, -0.2) is 9.18 Å². The molecule has 1 heterocycles. The Morgan fingerprint density at radius 3 is 2.68 bits per heavy atom. The highest BCUT2D eigenvalue weighted by atomic mass is 32.2. The average molecular weight is 374 g/mol. The number of thioether (sulfide) groups is 1. The minimum atomic E-state index is -1.39. The zero-order valence-electron chi connectivity index (χ0n) is 12.4. The summed E-state index contributed by atoms with van der Waals surface area (Å²) < 4.78 is 13.9. The molecule has 126 valence electrons. The van der Waals surface area contributed by atoms with Gasteiger partial charge in [-0.15, -0.1) is 0 Å². The molecule has 5 nitrogen and oxygen atoms in total. The maximum absolute atomic E-state index is 13.8. The van der Waals surface area contributed by atoms with E-state index in [0.717, 1.165) is 28.8 Å². The van der Waals surface area contributed by atoms with E-state index in [1.807, 2.05) is 0 Å². The van der Waals surface area contributed by atoms with E-state index in [4.69, 9.17) is 17.3 Å². The van der Waals surface area contributed by atoms with E-state index < -0.39 is 29.0 Å². The molecule has 8 heteroatoms. The molecule has 1 fully saturated rings. The van der Waals surface area contributed by atoms with Crippen LogP contribution in [-0.4, -0.2) is 21.3 Å². The van der Waals surface area contributed by atoms with Gasteiger partial charge in [-0.1, -0.05) is 54.0 Å². The molecule has 25 heavy (non-hydrogen) atoms. The molecule has 1 N–H and O–H groups in total. The Balaban J connectivity index is 1.99. The second-order valence-corrected chi connectivity index (χ2v) is 6.70. The molecule has 0 saturated carbocycles. The average Bonchev–Trinajstić information content (AvgIpc) is 2.84. The molecule has 1 saturated heterocycles. The summed E-state index contributed by atoms with van der Waals surface area (Å²) >= 11 is 6.15. The van der Waals surface area contributed by atoms with Crippen LogP contribution in [0.2, 0.25) is 0 Å². The third kappa shape index (κ3) is 3.26. The number of carboxylic acids is 1. The number of hydrogen-bond donors (Lipinski definition) is 1. The Labute approximate surface area is 151 Å². The van der Waals surface area contributed by atoms with E-state index in [1.54, 1.807) is 6.07 Å². The molecule has 0 radical (unpaired) electrons. The van der Waals surface area contributed by atoms with Gasteiger partial charge in [-0.3, -0.25) is 9.69 Å². The highest BCUT2D eigenvalue weighted by Crippen LogP contribution is 2.37. The lowest BCUT2D eigenvalue weighted by Gasteiger charge is -2.18. The fourth-order valence-corrected chi connectivity index (χ4v) is 3.54. The number of carbonyl (C=O) groups is 2. The molecular weight excluding hydrogens is 365 g/mol. The van der Waals surface area contributed by atoms with Crippen LogP contribution in [0.25, 0.3) is 6.08 Å². The van der Waals surface area contributed by atoms with E-state index >= 15 is 0 Å². The van der Waals surface area contributed by atoms with E-state index in [9.17, 15) is 19.1 Å². The third-order valence-electron chi connectivity index (χ3n) is 3.44. The zero-order valence-corrected chi connectivity index (χ0v) is 14.1. The van der Waals surface area contributed by atoms with Crippen LogP contribution in [0, 0.1) is 5.82 Å². The lowest BCUT2D eigenvalue weighted by molar-refractivity contribution is -0.268. The van der Waals surface area contributed by atoms with Crippen molar-refractivity contribution < 1.29 is 24.2 Å². The molecular formula is C17H9FNO4S2-. The number of amides is 1. The number of hydrogen-bond acceptors (Lipinski definition) is 5. The van der Waals surface area contributed by atoms with Gasteiger partial charge in [0.15, 0.2) is 4.32 Å². The van der Waals surface area contributed by atoms with Crippen molar-refractivity contribution in [2.45, 2.75) is 0 Å². The lowest BCUT2D eigenvalue weighted by atomic mass is 10.1. The van der Waals surface area contributed by atoms with Crippen LogP contribution in [0.15, 0.2) is 47.4 Å². The van der Waals surface area contributed by atoms with E-state index in [0.29, 0.717) is 0 Å². The van der Waals surface area contributed by atoms with Crippen LogP contribution in [0.3, 0.4) is 0 Å². The predicted molar refractivity (Wildman–Crippen MR) is 94.9 cm³/mol. The number of carboxylic acid groups (broad SMARTS) is 1.